The van der Waals surface area contributed by atoms with Gasteiger partial charge in [0.05, 0.1) is 11.9 Å². The molecule has 0 saturated carbocycles. The molecule has 0 saturated heterocycles. The topological polar surface area (TPSA) is 33.4 Å². The third-order valence-electron chi connectivity index (χ3n) is 2.20. The molecule has 0 aliphatic carbocycles. The Bertz CT molecular complexity index is 466. The number of halogens is 1. The van der Waals surface area contributed by atoms with Crippen LogP contribution in [-0.4, -0.2) is 5.11 Å². The fourth-order valence-corrected chi connectivity index (χ4v) is 1.64. The Morgan fingerprint density at radius 3 is 2.64 bits per heavy atom. The smallest absolute Gasteiger partial charge is 0.134 e. The fraction of sp³-hybridized carbons (Fsp3) is 0.273. The third-order valence-corrected chi connectivity index (χ3v) is 2.20. The van der Waals surface area contributed by atoms with Crippen LogP contribution in [0.1, 0.15) is 19.4 Å². The molecule has 0 aliphatic rings. The zero-order valence-electron chi connectivity index (χ0n) is 8.04. The molecule has 1 heterocycles. The number of benzene rings is 1. The maximum atomic E-state index is 13.5. The molecule has 1 N–H and O–H groups in total. The lowest BCUT2D eigenvalue weighted by molar-refractivity contribution is 0.0762. The van der Waals surface area contributed by atoms with Gasteiger partial charge in [-0.3, -0.25) is 0 Å². The molecule has 14 heavy (non-hydrogen) atoms. The molecule has 2 rings (SSSR count). The van der Waals surface area contributed by atoms with Crippen LogP contribution in [-0.2, 0) is 5.60 Å². The summed E-state index contributed by atoms with van der Waals surface area (Å²) in [6.07, 6.45) is 1.49. The van der Waals surface area contributed by atoms with Gasteiger partial charge in [0.25, 0.3) is 0 Å². The van der Waals surface area contributed by atoms with Gasteiger partial charge in [-0.25, -0.2) is 4.39 Å². The predicted octanol–water partition coefficient (Wildman–Crippen LogP) is 2.80. The first-order valence-corrected chi connectivity index (χ1v) is 4.39. The van der Waals surface area contributed by atoms with Crippen LogP contribution < -0.4 is 0 Å². The molecule has 2 aromatic rings. The monoisotopic (exact) mass is 194 g/mol. The highest BCUT2D eigenvalue weighted by atomic mass is 19.1. The minimum atomic E-state index is -1.20. The molecule has 0 atom stereocenters. The molecule has 74 valence electrons. The van der Waals surface area contributed by atoms with Crippen molar-refractivity contribution in [1.82, 2.24) is 0 Å². The Kier molecular flexibility index (Phi) is 1.86. The minimum Gasteiger partial charge on any atom is -0.464 e. The highest BCUT2D eigenvalue weighted by molar-refractivity contribution is 5.81. The fourth-order valence-electron chi connectivity index (χ4n) is 1.64. The number of furan rings is 1. The quantitative estimate of drug-likeness (QED) is 0.757. The van der Waals surface area contributed by atoms with Crippen LogP contribution in [0.15, 0.2) is 28.9 Å². The van der Waals surface area contributed by atoms with Crippen LogP contribution in [0.3, 0.4) is 0 Å². The second-order valence-electron chi connectivity index (χ2n) is 3.81. The van der Waals surface area contributed by atoms with E-state index in [1.807, 2.05) is 0 Å². The molecule has 0 fully saturated rings. The Labute approximate surface area is 81.0 Å². The van der Waals surface area contributed by atoms with Gasteiger partial charge >= 0.3 is 0 Å². The van der Waals surface area contributed by atoms with Gasteiger partial charge in [-0.05, 0) is 32.0 Å². The summed E-state index contributed by atoms with van der Waals surface area (Å²) in [6, 6.07) is 4.52. The van der Waals surface area contributed by atoms with Crippen LogP contribution >= 0.6 is 0 Å². The zero-order valence-corrected chi connectivity index (χ0v) is 8.04. The van der Waals surface area contributed by atoms with Crippen molar-refractivity contribution < 1.29 is 13.9 Å². The van der Waals surface area contributed by atoms with Crippen molar-refractivity contribution in [2.75, 3.05) is 0 Å². The summed E-state index contributed by atoms with van der Waals surface area (Å²) in [5, 5.41) is 10.4. The SMILES string of the molecule is CC(C)(O)c1c(F)ccc2occc12. The lowest BCUT2D eigenvalue weighted by Crippen LogP contribution is -2.17. The summed E-state index contributed by atoms with van der Waals surface area (Å²) in [7, 11) is 0. The number of hydrogen-bond acceptors (Lipinski definition) is 2. The molecule has 0 unspecified atom stereocenters. The number of rotatable bonds is 1. The first-order chi connectivity index (χ1) is 6.50. The number of fused-ring (bicyclic) bond motifs is 1. The third kappa shape index (κ3) is 1.30. The van der Waals surface area contributed by atoms with E-state index in [4.69, 9.17) is 4.42 Å². The first kappa shape index (κ1) is 9.21. The van der Waals surface area contributed by atoms with Crippen molar-refractivity contribution in [2.24, 2.45) is 0 Å². The Balaban J connectivity index is 2.83. The summed E-state index contributed by atoms with van der Waals surface area (Å²) in [6.45, 7) is 3.11. The van der Waals surface area contributed by atoms with E-state index in [1.165, 1.54) is 12.3 Å². The van der Waals surface area contributed by atoms with Crippen LogP contribution in [0.5, 0.6) is 0 Å². The van der Waals surface area contributed by atoms with E-state index in [0.717, 1.165) is 0 Å². The lowest BCUT2D eigenvalue weighted by atomic mass is 9.94. The molecular formula is C11H11FO2. The molecule has 3 heteroatoms. The van der Waals surface area contributed by atoms with Gasteiger partial charge in [0.15, 0.2) is 0 Å². The van der Waals surface area contributed by atoms with Gasteiger partial charge in [-0.15, -0.1) is 0 Å². The van der Waals surface area contributed by atoms with E-state index in [0.29, 0.717) is 11.0 Å². The largest absolute Gasteiger partial charge is 0.464 e. The minimum absolute atomic E-state index is 0.281. The van der Waals surface area contributed by atoms with E-state index in [-0.39, 0.29) is 5.56 Å². The standard InChI is InChI=1S/C11H11FO2/c1-11(2,13)10-7-5-6-14-9(7)4-3-8(10)12/h3-6,13H,1-2H3. The van der Waals surface area contributed by atoms with E-state index < -0.39 is 11.4 Å². The number of hydrogen-bond donors (Lipinski definition) is 1. The van der Waals surface area contributed by atoms with Crippen molar-refractivity contribution in [2.45, 2.75) is 19.4 Å². The van der Waals surface area contributed by atoms with Crippen LogP contribution in [0.4, 0.5) is 4.39 Å². The van der Waals surface area contributed by atoms with Gasteiger partial charge in [0.2, 0.25) is 0 Å². The maximum Gasteiger partial charge on any atom is 0.134 e. The van der Waals surface area contributed by atoms with Crippen LogP contribution in [0.25, 0.3) is 11.0 Å². The zero-order chi connectivity index (χ0) is 10.3. The van der Waals surface area contributed by atoms with E-state index in [2.05, 4.69) is 0 Å². The summed E-state index contributed by atoms with van der Waals surface area (Å²) >= 11 is 0. The molecule has 1 aromatic carbocycles. The van der Waals surface area contributed by atoms with E-state index in [1.54, 1.807) is 26.0 Å². The summed E-state index contributed by atoms with van der Waals surface area (Å²) in [4.78, 5) is 0. The molecule has 0 amide bonds. The molecule has 0 aliphatic heterocycles. The molecule has 0 spiro atoms. The summed E-state index contributed by atoms with van der Waals surface area (Å²) in [5.41, 5.74) is -0.333. The molecule has 1 aromatic heterocycles. The van der Waals surface area contributed by atoms with Crippen LogP contribution in [0.2, 0.25) is 0 Å². The van der Waals surface area contributed by atoms with Crippen molar-refractivity contribution in [3.05, 3.63) is 35.8 Å². The van der Waals surface area contributed by atoms with Gasteiger partial charge in [0.1, 0.15) is 11.4 Å². The lowest BCUT2D eigenvalue weighted by Gasteiger charge is -2.19. The normalized spacial score (nSPS) is 12.3. The molecule has 0 radical (unpaired) electrons. The highest BCUT2D eigenvalue weighted by Gasteiger charge is 2.24. The van der Waals surface area contributed by atoms with Crippen molar-refractivity contribution in [3.8, 4) is 0 Å². The van der Waals surface area contributed by atoms with Gasteiger partial charge in [0, 0.05) is 10.9 Å². The molecule has 0 bridgehead atoms. The van der Waals surface area contributed by atoms with Crippen LogP contribution in [0, 0.1) is 5.82 Å². The molecule has 2 nitrogen and oxygen atoms in total. The average Bonchev–Trinajstić information content (AvgIpc) is 2.48. The number of aliphatic hydroxyl groups is 1. The average molecular weight is 194 g/mol. The second kappa shape index (κ2) is 2.82. The van der Waals surface area contributed by atoms with Gasteiger partial charge in [-0.2, -0.15) is 0 Å². The van der Waals surface area contributed by atoms with E-state index in [9.17, 15) is 9.50 Å². The summed E-state index contributed by atoms with van der Waals surface area (Å²) in [5.74, 6) is -0.411. The predicted molar refractivity (Wildman–Crippen MR) is 51.4 cm³/mol. The van der Waals surface area contributed by atoms with Crippen molar-refractivity contribution in [1.29, 1.82) is 0 Å². The van der Waals surface area contributed by atoms with Gasteiger partial charge in [-0.1, -0.05) is 0 Å². The van der Waals surface area contributed by atoms with E-state index >= 15 is 0 Å². The Morgan fingerprint density at radius 1 is 1.29 bits per heavy atom. The van der Waals surface area contributed by atoms with Gasteiger partial charge < -0.3 is 9.52 Å². The van der Waals surface area contributed by atoms with Crippen molar-refractivity contribution >= 4 is 11.0 Å². The summed E-state index contributed by atoms with van der Waals surface area (Å²) < 4.78 is 18.6. The van der Waals surface area contributed by atoms with Crippen molar-refractivity contribution in [3.63, 3.8) is 0 Å². The highest BCUT2D eigenvalue weighted by Crippen LogP contribution is 2.31. The Hall–Kier alpha value is -1.35. The Morgan fingerprint density at radius 2 is 2.00 bits per heavy atom. The maximum absolute atomic E-state index is 13.5. The second-order valence-corrected chi connectivity index (χ2v) is 3.81. The first-order valence-electron chi connectivity index (χ1n) is 4.39. The molecular weight excluding hydrogens is 183 g/mol.